The van der Waals surface area contributed by atoms with E-state index in [0.29, 0.717) is 11.1 Å². The molecule has 1 aromatic carbocycles. The highest BCUT2D eigenvalue weighted by atomic mass is 28.4. The number of aliphatic hydroxyl groups excluding tert-OH is 1. The van der Waals surface area contributed by atoms with Gasteiger partial charge >= 0.3 is 0 Å². The summed E-state index contributed by atoms with van der Waals surface area (Å²) in [6.45, 7) is 10.9. The fraction of sp³-hybridized carbons (Fsp3) is 0.571. The SMILES string of the molecule is Cc1cccc2c1C(O)O[Si]2(C(C)C)C(C)C. The summed E-state index contributed by atoms with van der Waals surface area (Å²) >= 11 is 0. The molecule has 1 atom stereocenters. The van der Waals surface area contributed by atoms with Crippen molar-refractivity contribution < 1.29 is 9.53 Å². The van der Waals surface area contributed by atoms with Crippen molar-refractivity contribution in [3.8, 4) is 0 Å². The van der Waals surface area contributed by atoms with Gasteiger partial charge in [-0.25, -0.2) is 0 Å². The summed E-state index contributed by atoms with van der Waals surface area (Å²) in [6, 6.07) is 6.30. The van der Waals surface area contributed by atoms with Gasteiger partial charge in [0.25, 0.3) is 0 Å². The number of hydrogen-bond acceptors (Lipinski definition) is 2. The van der Waals surface area contributed by atoms with Gasteiger partial charge in [0, 0.05) is 5.56 Å². The van der Waals surface area contributed by atoms with Gasteiger partial charge in [0.1, 0.15) is 0 Å². The quantitative estimate of drug-likeness (QED) is 0.818. The molecule has 0 saturated heterocycles. The first-order valence-electron chi connectivity index (χ1n) is 6.37. The lowest BCUT2D eigenvalue weighted by atomic mass is 10.1. The Kier molecular flexibility index (Phi) is 3.19. The van der Waals surface area contributed by atoms with Crippen molar-refractivity contribution in [1.82, 2.24) is 0 Å². The molecule has 1 aliphatic heterocycles. The monoisotopic (exact) mass is 250 g/mol. The van der Waals surface area contributed by atoms with Gasteiger partial charge < -0.3 is 9.53 Å². The molecular weight excluding hydrogens is 228 g/mol. The molecule has 1 aromatic rings. The third-order valence-electron chi connectivity index (χ3n) is 4.01. The second-order valence-electron chi connectivity index (χ2n) is 5.61. The molecule has 0 saturated carbocycles. The molecule has 0 fully saturated rings. The van der Waals surface area contributed by atoms with Crippen LogP contribution in [0.2, 0.25) is 11.1 Å². The highest BCUT2D eigenvalue weighted by molar-refractivity contribution is 6.89. The minimum absolute atomic E-state index is 0.472. The van der Waals surface area contributed by atoms with E-state index in [4.69, 9.17) is 4.43 Å². The Bertz CT molecular complexity index is 418. The van der Waals surface area contributed by atoms with Gasteiger partial charge in [0.05, 0.1) is 0 Å². The second-order valence-corrected chi connectivity index (χ2v) is 10.3. The number of aryl methyl sites for hydroxylation is 1. The van der Waals surface area contributed by atoms with Crippen LogP contribution in [0.5, 0.6) is 0 Å². The number of fused-ring (bicyclic) bond motifs is 1. The molecule has 2 nitrogen and oxygen atoms in total. The predicted octanol–water partition coefficient (Wildman–Crippen LogP) is 2.99. The number of hydrogen-bond donors (Lipinski definition) is 1. The van der Waals surface area contributed by atoms with Crippen LogP contribution >= 0.6 is 0 Å². The second kappa shape index (κ2) is 4.23. The Morgan fingerprint density at radius 3 is 2.29 bits per heavy atom. The molecule has 1 N–H and O–H groups in total. The molecule has 0 aliphatic carbocycles. The van der Waals surface area contributed by atoms with E-state index in [9.17, 15) is 5.11 Å². The summed E-state index contributed by atoms with van der Waals surface area (Å²) in [6.07, 6.45) is -0.720. The average molecular weight is 250 g/mol. The Balaban J connectivity index is 2.66. The number of benzene rings is 1. The van der Waals surface area contributed by atoms with E-state index in [0.717, 1.165) is 11.1 Å². The van der Waals surface area contributed by atoms with Crippen LogP contribution in [0.3, 0.4) is 0 Å². The zero-order valence-corrected chi connectivity index (χ0v) is 12.3. The maximum atomic E-state index is 10.2. The van der Waals surface area contributed by atoms with E-state index in [1.165, 1.54) is 5.19 Å². The van der Waals surface area contributed by atoms with Crippen LogP contribution < -0.4 is 5.19 Å². The highest BCUT2D eigenvalue weighted by Gasteiger charge is 2.52. The molecule has 2 rings (SSSR count). The highest BCUT2D eigenvalue weighted by Crippen LogP contribution is 2.42. The van der Waals surface area contributed by atoms with Gasteiger partial charge in [-0.3, -0.25) is 0 Å². The van der Waals surface area contributed by atoms with E-state index in [-0.39, 0.29) is 0 Å². The molecule has 17 heavy (non-hydrogen) atoms. The fourth-order valence-corrected chi connectivity index (χ4v) is 8.05. The lowest BCUT2D eigenvalue weighted by Crippen LogP contribution is -2.52. The molecule has 94 valence electrons. The lowest BCUT2D eigenvalue weighted by molar-refractivity contribution is -0.0203. The maximum absolute atomic E-state index is 10.2. The number of rotatable bonds is 2. The first-order chi connectivity index (χ1) is 7.91. The smallest absolute Gasteiger partial charge is 0.233 e. The third kappa shape index (κ3) is 1.68. The van der Waals surface area contributed by atoms with E-state index in [1.54, 1.807) is 0 Å². The van der Waals surface area contributed by atoms with Gasteiger partial charge in [-0.15, -0.1) is 0 Å². The summed E-state index contributed by atoms with van der Waals surface area (Å²) in [5.74, 6) is 0. The van der Waals surface area contributed by atoms with Crippen molar-refractivity contribution in [1.29, 1.82) is 0 Å². The van der Waals surface area contributed by atoms with E-state index >= 15 is 0 Å². The zero-order chi connectivity index (χ0) is 12.8. The molecular formula is C14H22O2Si. The molecule has 3 heteroatoms. The number of aliphatic hydroxyl groups is 1. The largest absolute Gasteiger partial charge is 0.384 e. The van der Waals surface area contributed by atoms with Crippen molar-refractivity contribution in [3.05, 3.63) is 29.3 Å². The van der Waals surface area contributed by atoms with Gasteiger partial charge in [0.2, 0.25) is 8.32 Å². The standard InChI is InChI=1S/C14H22O2Si/c1-9(2)17(10(3)4)12-8-6-7-11(5)13(12)14(15)16-17/h6-10,14-15H,1-5H3. The van der Waals surface area contributed by atoms with Crippen LogP contribution in [0.15, 0.2) is 18.2 Å². The van der Waals surface area contributed by atoms with Crippen molar-refractivity contribution >= 4 is 13.5 Å². The predicted molar refractivity (Wildman–Crippen MR) is 72.8 cm³/mol. The van der Waals surface area contributed by atoms with E-state index < -0.39 is 14.6 Å². The minimum atomic E-state index is -2.05. The van der Waals surface area contributed by atoms with E-state index in [2.05, 4.69) is 52.8 Å². The van der Waals surface area contributed by atoms with Crippen LogP contribution in [0.25, 0.3) is 0 Å². The third-order valence-corrected chi connectivity index (χ3v) is 9.34. The Hall–Kier alpha value is -0.643. The molecule has 0 amide bonds. The van der Waals surface area contributed by atoms with Gasteiger partial charge in [-0.1, -0.05) is 45.9 Å². The lowest BCUT2D eigenvalue weighted by Gasteiger charge is -2.34. The topological polar surface area (TPSA) is 29.5 Å². The molecule has 1 aliphatic rings. The summed E-state index contributed by atoms with van der Waals surface area (Å²) in [4.78, 5) is 0. The summed E-state index contributed by atoms with van der Waals surface area (Å²) in [5, 5.41) is 11.5. The summed E-state index contributed by atoms with van der Waals surface area (Å²) in [5.41, 5.74) is 3.12. The van der Waals surface area contributed by atoms with Crippen LogP contribution in [-0.4, -0.2) is 13.4 Å². The zero-order valence-electron chi connectivity index (χ0n) is 11.3. The molecule has 1 heterocycles. The Labute approximate surface area is 105 Å². The fourth-order valence-electron chi connectivity index (χ4n) is 3.22. The van der Waals surface area contributed by atoms with E-state index in [1.807, 2.05) is 0 Å². The molecule has 0 spiro atoms. The molecule has 1 unspecified atom stereocenters. The van der Waals surface area contributed by atoms with Gasteiger partial charge in [0.15, 0.2) is 6.29 Å². The van der Waals surface area contributed by atoms with Crippen molar-refractivity contribution in [2.24, 2.45) is 0 Å². The van der Waals surface area contributed by atoms with Crippen molar-refractivity contribution in [2.45, 2.75) is 52.0 Å². The maximum Gasteiger partial charge on any atom is 0.233 e. The normalized spacial score (nSPS) is 22.2. The average Bonchev–Trinajstić information content (AvgIpc) is 2.54. The first-order valence-corrected chi connectivity index (χ1v) is 8.43. The van der Waals surface area contributed by atoms with Crippen LogP contribution in [0.4, 0.5) is 0 Å². The first kappa shape index (κ1) is 12.8. The van der Waals surface area contributed by atoms with Crippen molar-refractivity contribution in [2.75, 3.05) is 0 Å². The molecule has 0 radical (unpaired) electrons. The van der Waals surface area contributed by atoms with Crippen LogP contribution in [0, 0.1) is 6.92 Å². The van der Waals surface area contributed by atoms with Crippen LogP contribution in [0.1, 0.15) is 45.1 Å². The summed E-state index contributed by atoms with van der Waals surface area (Å²) < 4.78 is 6.12. The van der Waals surface area contributed by atoms with Gasteiger partial charge in [-0.05, 0) is 28.8 Å². The molecule has 0 bridgehead atoms. The van der Waals surface area contributed by atoms with Gasteiger partial charge in [-0.2, -0.15) is 0 Å². The minimum Gasteiger partial charge on any atom is -0.384 e. The summed E-state index contributed by atoms with van der Waals surface area (Å²) in [7, 11) is -2.05. The Morgan fingerprint density at radius 1 is 1.18 bits per heavy atom. The molecule has 0 aromatic heterocycles. The Morgan fingerprint density at radius 2 is 1.76 bits per heavy atom. The van der Waals surface area contributed by atoms with Crippen molar-refractivity contribution in [3.63, 3.8) is 0 Å². The van der Waals surface area contributed by atoms with Crippen LogP contribution in [-0.2, 0) is 4.43 Å².